The van der Waals surface area contributed by atoms with Crippen LogP contribution in [0.2, 0.25) is 0 Å². The molecule has 0 N–H and O–H groups in total. The molecule has 0 saturated heterocycles. The summed E-state index contributed by atoms with van der Waals surface area (Å²) in [6, 6.07) is 150. The van der Waals surface area contributed by atoms with E-state index in [9.17, 15) is 0 Å². The topological polar surface area (TPSA) is 14.8 Å². The van der Waals surface area contributed by atoms with Gasteiger partial charge in [0.2, 0.25) is 0 Å². The smallest absolute Gasteiger partial charge is 0.0574 e. The summed E-state index contributed by atoms with van der Waals surface area (Å²) in [6.07, 6.45) is 2.88. The minimum absolute atomic E-state index is 0.799. The van der Waals surface area contributed by atoms with E-state index in [1.807, 2.05) is 125 Å². The summed E-state index contributed by atoms with van der Waals surface area (Å²) in [5, 5.41) is 40.1. The van der Waals surface area contributed by atoms with Crippen molar-refractivity contribution in [3.05, 3.63) is 467 Å². The summed E-state index contributed by atoms with van der Waals surface area (Å²) in [7, 11) is 0. The molecule has 30 rings (SSSR count). The quantitative estimate of drug-likeness (QED) is 0.147. The van der Waals surface area contributed by atoms with Gasteiger partial charge in [-0.1, -0.05) is 530 Å². The predicted octanol–water partition coefficient (Wildman–Crippen LogP) is 43.2. The van der Waals surface area contributed by atoms with Crippen molar-refractivity contribution in [3.63, 3.8) is 0 Å². The van der Waals surface area contributed by atoms with Gasteiger partial charge in [-0.15, -0.1) is 0 Å². The number of hydrogen-bond donors (Lipinski definition) is 0. The maximum atomic E-state index is 2.68. The van der Waals surface area contributed by atoms with Crippen LogP contribution in [0.3, 0.4) is 0 Å². The first-order valence-electron chi connectivity index (χ1n) is 55.8. The Labute approximate surface area is 886 Å². The molecule has 0 spiro atoms. The van der Waals surface area contributed by atoms with Gasteiger partial charge < -0.3 is 13.7 Å². The molecule has 3 aromatic heterocycles. The van der Waals surface area contributed by atoms with Crippen LogP contribution in [0.15, 0.2) is 400 Å². The lowest BCUT2D eigenvalue weighted by Crippen LogP contribution is -2.03. The fourth-order valence-corrected chi connectivity index (χ4v) is 25.1. The zero-order chi connectivity index (χ0) is 105. The van der Waals surface area contributed by atoms with E-state index >= 15 is 0 Å². The number of nitrogens with zero attached hydrogens (tertiary/aromatic N) is 3. The van der Waals surface area contributed by atoms with E-state index in [0.717, 1.165) is 38.9 Å². The molecule has 0 radical (unpaired) electrons. The second-order valence-corrected chi connectivity index (χ2v) is 37.6. The van der Waals surface area contributed by atoms with Crippen molar-refractivity contribution in [2.75, 3.05) is 0 Å². The molecule has 3 nitrogen and oxygen atoms in total. The fourth-order valence-electron chi connectivity index (χ4n) is 25.1. The number of hydrogen-bond acceptors (Lipinski definition) is 0. The highest BCUT2D eigenvalue weighted by atomic mass is 15.0. The Kier molecular flexibility index (Phi) is 30.6. The lowest BCUT2D eigenvalue weighted by molar-refractivity contribution is 0.868. The second kappa shape index (κ2) is 44.8. The van der Waals surface area contributed by atoms with Crippen LogP contribution in [-0.4, -0.2) is 13.7 Å². The summed E-state index contributed by atoms with van der Waals surface area (Å²) in [6.45, 7) is 45.2. The molecule has 0 aliphatic heterocycles. The molecule has 150 heavy (non-hydrogen) atoms. The van der Waals surface area contributed by atoms with Crippen LogP contribution in [0.25, 0.3) is 228 Å². The van der Waals surface area contributed by atoms with E-state index in [1.165, 1.54) is 295 Å². The van der Waals surface area contributed by atoms with Gasteiger partial charge in [-0.05, 0) is 229 Å². The molecule has 0 amide bonds. The lowest BCUT2D eigenvalue weighted by Gasteiger charge is -2.17. The van der Waals surface area contributed by atoms with E-state index in [0.29, 0.717) is 0 Å². The molecular weight excluding hydrogens is 1810 g/mol. The number of rotatable bonds is 6. The van der Waals surface area contributed by atoms with Crippen LogP contribution in [0.5, 0.6) is 0 Å². The largest absolute Gasteiger partial charge is 0.335 e. The van der Waals surface area contributed by atoms with Crippen molar-refractivity contribution < 1.29 is 0 Å². The summed E-state index contributed by atoms with van der Waals surface area (Å²) >= 11 is 0. The molecule has 744 valence electrons. The molecule has 3 heterocycles. The average molecular weight is 1950 g/mol. The SMILES string of the molecule is CC.CC.CC.CC.CC.CC.CC.CC.CC.Cc1cc(Cn2c3c4c(c5ccccc5c3c3ccc5ccccc5c32)-c2ccccc2C4)c2c(ccc3ccccc32)c1.Cc1cc(Cn2c3c4c(c5ccccc5c3c3ccc5ccccc5c32)-c2ccccc2C4)c2ccccc2c1.Cc1cc(Cn2c3c4c(c5ccccc5c3c3ccc5ccccc5c32)-c2ccccc2C4)cc2c3ccccc3c3ccccc3c12. The molecule has 3 aliphatic carbocycles. The second-order valence-electron chi connectivity index (χ2n) is 37.6. The molecule has 0 fully saturated rings. The first kappa shape index (κ1) is 102. The number of benzene rings is 24. The molecule has 0 unspecified atom stereocenters. The Bertz CT molecular complexity index is 9780. The van der Waals surface area contributed by atoms with Crippen molar-refractivity contribution in [2.24, 2.45) is 0 Å². The Morgan fingerprint density at radius 1 is 0.173 bits per heavy atom. The summed E-state index contributed by atoms with van der Waals surface area (Å²) in [4.78, 5) is 0. The van der Waals surface area contributed by atoms with Crippen molar-refractivity contribution in [1.82, 2.24) is 13.7 Å². The zero-order valence-corrected chi connectivity index (χ0v) is 91.7. The van der Waals surface area contributed by atoms with Crippen LogP contribution < -0.4 is 0 Å². The maximum Gasteiger partial charge on any atom is 0.0574 e. The van der Waals surface area contributed by atoms with E-state index in [4.69, 9.17) is 0 Å². The highest BCUT2D eigenvalue weighted by molar-refractivity contribution is 6.33. The normalized spacial score (nSPS) is 11.5. The minimum Gasteiger partial charge on any atom is -0.335 e. The third-order valence-corrected chi connectivity index (χ3v) is 30.2. The third-order valence-electron chi connectivity index (χ3n) is 30.2. The van der Waals surface area contributed by atoms with Gasteiger partial charge in [0.1, 0.15) is 0 Å². The minimum atomic E-state index is 0.799. The number of aromatic nitrogens is 3. The predicted molar refractivity (Wildman–Crippen MR) is 666 cm³/mol. The van der Waals surface area contributed by atoms with Gasteiger partial charge in [0.25, 0.3) is 0 Å². The molecule has 27 aromatic rings. The van der Waals surface area contributed by atoms with Gasteiger partial charge in [0, 0.05) is 87.4 Å². The molecule has 3 aliphatic rings. The van der Waals surface area contributed by atoms with Crippen LogP contribution in [-0.2, 0) is 38.9 Å². The van der Waals surface area contributed by atoms with Crippen molar-refractivity contribution in [1.29, 1.82) is 0 Å². The summed E-state index contributed by atoms with van der Waals surface area (Å²) in [5.41, 5.74) is 33.3. The van der Waals surface area contributed by atoms with E-state index in [2.05, 4.69) is 435 Å². The molecule has 3 heteroatoms. The van der Waals surface area contributed by atoms with E-state index in [-0.39, 0.29) is 0 Å². The molecule has 0 bridgehead atoms. The zero-order valence-electron chi connectivity index (χ0n) is 91.7. The van der Waals surface area contributed by atoms with Gasteiger partial charge in [-0.25, -0.2) is 0 Å². The molecule has 0 atom stereocenters. The molecule has 0 saturated carbocycles. The van der Waals surface area contributed by atoms with Gasteiger partial charge in [-0.2, -0.15) is 0 Å². The van der Waals surface area contributed by atoms with Crippen LogP contribution >= 0.6 is 0 Å². The Morgan fingerprint density at radius 3 is 0.833 bits per heavy atom. The average Bonchev–Trinajstić information content (AvgIpc) is 1.53. The van der Waals surface area contributed by atoms with Crippen molar-refractivity contribution in [2.45, 2.75) is 184 Å². The Balaban J connectivity index is 0.000000132. The molecule has 24 aromatic carbocycles. The number of fused-ring (bicyclic) bond motifs is 46. The van der Waals surface area contributed by atoms with Crippen LogP contribution in [0, 0.1) is 20.8 Å². The highest BCUT2D eigenvalue weighted by Crippen LogP contribution is 2.55. The first-order chi connectivity index (χ1) is 74.2. The fraction of sp³-hybridized carbons (Fsp3) is 0.184. The Morgan fingerprint density at radius 2 is 0.440 bits per heavy atom. The van der Waals surface area contributed by atoms with Gasteiger partial charge >= 0.3 is 0 Å². The Hall–Kier alpha value is -16.2. The van der Waals surface area contributed by atoms with Crippen molar-refractivity contribution in [3.8, 4) is 33.4 Å². The standard InChI is InChI=1S/C47H31N.C43H29N.C39H27N.9C2H6/c1-28-24-29(25-41-36-18-7-6-16-34(36)35-17-8-9-19-37(35)43(28)41)27-48-46-33-15-5-2-12-30(33)22-23-40(46)45-39-21-11-10-20-38(39)44-32-14-4-3-13-31(32)26-42(44)47(45)48;1-26-22-30-19-18-27-10-2-5-13-32(27)39(30)31(23-26)25-44-42-34-15-7-3-11-28(34)20-21-37(42)41-36-17-9-8-16-35(36)40-33-14-6-4-12-29(33)24-38(40)43(41)44;1-24-20-26-11-3-5-13-29(26)28(21-24)23-40-38-31-15-7-2-10-25(31)18-19-34(38)37-33-17-9-8-16-32(33)36-30-14-6-4-12-27(30)22-35(36)39(37)40;9*1-2/h2-25H,26-27H2,1H3;2-23H,24-25H2,1H3;2-21H,22-23H2,1H3;9*1-2H3. The van der Waals surface area contributed by atoms with Gasteiger partial charge in [0.15, 0.2) is 0 Å². The lowest BCUT2D eigenvalue weighted by atomic mass is 9.90. The van der Waals surface area contributed by atoms with Crippen molar-refractivity contribution >= 4 is 195 Å². The third kappa shape index (κ3) is 17.1. The van der Waals surface area contributed by atoms with Crippen LogP contribution in [0.1, 0.15) is 191 Å². The maximum absolute atomic E-state index is 2.68. The summed E-state index contributed by atoms with van der Waals surface area (Å²) in [5.74, 6) is 0. The van der Waals surface area contributed by atoms with E-state index in [1.54, 1.807) is 0 Å². The number of aryl methyl sites for hydroxylation is 3. The van der Waals surface area contributed by atoms with Gasteiger partial charge in [0.05, 0.1) is 33.1 Å². The highest BCUT2D eigenvalue weighted by Gasteiger charge is 2.34. The summed E-state index contributed by atoms with van der Waals surface area (Å²) < 4.78 is 8.01. The van der Waals surface area contributed by atoms with E-state index < -0.39 is 0 Å². The monoisotopic (exact) mass is 1950 g/mol. The van der Waals surface area contributed by atoms with Gasteiger partial charge in [-0.3, -0.25) is 0 Å². The molecular formula is C147H141N3. The first-order valence-corrected chi connectivity index (χ1v) is 55.8. The van der Waals surface area contributed by atoms with Crippen LogP contribution in [0.4, 0.5) is 0 Å².